The Morgan fingerprint density at radius 3 is 2.82 bits per heavy atom. The fourth-order valence-electron chi connectivity index (χ4n) is 3.14. The predicted octanol–water partition coefficient (Wildman–Crippen LogP) is 2.80. The first-order valence-corrected chi connectivity index (χ1v) is 6.15. The molecule has 17 heavy (non-hydrogen) atoms. The summed E-state index contributed by atoms with van der Waals surface area (Å²) < 4.78 is 0. The topological polar surface area (TPSA) is 37.3 Å². The Kier molecular flexibility index (Phi) is 2.86. The highest BCUT2D eigenvalue weighted by molar-refractivity contribution is 6.05. The number of carbonyl (C=O) groups is 1. The van der Waals surface area contributed by atoms with Gasteiger partial charge in [-0.2, -0.15) is 0 Å². The van der Waals surface area contributed by atoms with Gasteiger partial charge in [-0.05, 0) is 43.9 Å². The first kappa shape index (κ1) is 12.3. The standard InChI is InChI=1S/C15H20O2/c1-9(2)11-5-7-15(4)8-6-12(16)10(3)13(15)14(11)17/h6,8,11,14,17H,1,5,7H2,2-4H3/t11-,14-,15+/m0/s1. The molecular weight excluding hydrogens is 212 g/mol. The average Bonchev–Trinajstić information content (AvgIpc) is 2.24. The Labute approximate surface area is 103 Å². The van der Waals surface area contributed by atoms with Crippen LogP contribution < -0.4 is 0 Å². The summed E-state index contributed by atoms with van der Waals surface area (Å²) in [5.41, 5.74) is 2.48. The molecule has 0 aliphatic heterocycles. The molecule has 2 aliphatic carbocycles. The van der Waals surface area contributed by atoms with Crippen LogP contribution in [0.5, 0.6) is 0 Å². The van der Waals surface area contributed by atoms with Gasteiger partial charge in [0.15, 0.2) is 5.78 Å². The largest absolute Gasteiger partial charge is 0.388 e. The molecule has 0 saturated heterocycles. The molecule has 0 radical (unpaired) electrons. The van der Waals surface area contributed by atoms with E-state index < -0.39 is 6.10 Å². The number of hydrogen-bond acceptors (Lipinski definition) is 2. The van der Waals surface area contributed by atoms with Crippen LogP contribution in [0, 0.1) is 11.3 Å². The molecule has 2 aliphatic rings. The first-order valence-electron chi connectivity index (χ1n) is 6.15. The molecule has 3 atom stereocenters. The average molecular weight is 232 g/mol. The summed E-state index contributed by atoms with van der Waals surface area (Å²) >= 11 is 0. The molecule has 1 fully saturated rings. The van der Waals surface area contributed by atoms with E-state index in [4.69, 9.17) is 0 Å². The van der Waals surface area contributed by atoms with Crippen LogP contribution in [0.1, 0.15) is 33.6 Å². The van der Waals surface area contributed by atoms with Crippen LogP contribution in [0.25, 0.3) is 0 Å². The van der Waals surface area contributed by atoms with Crippen molar-refractivity contribution in [2.75, 3.05) is 0 Å². The molecule has 1 N–H and O–H groups in total. The normalized spacial score (nSPS) is 37.1. The SMILES string of the molecule is C=C(C)[C@@H]1CC[C@]2(C)C=CC(=O)C(C)=C2[C@H]1O. The quantitative estimate of drug-likeness (QED) is 0.706. The van der Waals surface area contributed by atoms with E-state index in [1.54, 1.807) is 6.08 Å². The summed E-state index contributed by atoms with van der Waals surface area (Å²) in [5.74, 6) is 0.117. The minimum Gasteiger partial charge on any atom is -0.388 e. The van der Waals surface area contributed by atoms with Crippen LogP contribution in [0.3, 0.4) is 0 Å². The molecule has 0 amide bonds. The van der Waals surface area contributed by atoms with Gasteiger partial charge in [-0.1, -0.05) is 25.2 Å². The summed E-state index contributed by atoms with van der Waals surface area (Å²) in [6.45, 7) is 9.83. The second kappa shape index (κ2) is 3.95. The van der Waals surface area contributed by atoms with Crippen molar-refractivity contribution in [3.05, 3.63) is 35.5 Å². The molecule has 2 nitrogen and oxygen atoms in total. The van der Waals surface area contributed by atoms with Crippen molar-refractivity contribution in [1.82, 2.24) is 0 Å². The van der Waals surface area contributed by atoms with Gasteiger partial charge in [0.05, 0.1) is 6.10 Å². The highest BCUT2D eigenvalue weighted by Crippen LogP contribution is 2.48. The first-order chi connectivity index (χ1) is 7.87. The molecule has 0 heterocycles. The molecule has 0 spiro atoms. The van der Waals surface area contributed by atoms with Crippen LogP contribution >= 0.6 is 0 Å². The fraction of sp³-hybridized carbons (Fsp3) is 0.533. The summed E-state index contributed by atoms with van der Waals surface area (Å²) in [6.07, 6.45) is 4.95. The molecule has 0 unspecified atom stereocenters. The summed E-state index contributed by atoms with van der Waals surface area (Å²) in [6, 6.07) is 0. The zero-order chi connectivity index (χ0) is 12.8. The summed E-state index contributed by atoms with van der Waals surface area (Å²) in [7, 11) is 0. The Hall–Kier alpha value is -1.15. The molecule has 0 bridgehead atoms. The molecule has 2 heteroatoms. The van der Waals surface area contributed by atoms with Crippen molar-refractivity contribution in [2.45, 2.75) is 39.7 Å². The molecule has 0 aromatic rings. The predicted molar refractivity (Wildman–Crippen MR) is 68.5 cm³/mol. The minimum atomic E-state index is -0.555. The lowest BCUT2D eigenvalue weighted by atomic mass is 9.62. The van der Waals surface area contributed by atoms with E-state index in [0.29, 0.717) is 5.57 Å². The van der Waals surface area contributed by atoms with Gasteiger partial charge in [-0.25, -0.2) is 0 Å². The Morgan fingerprint density at radius 2 is 2.24 bits per heavy atom. The van der Waals surface area contributed by atoms with Gasteiger partial charge in [0.1, 0.15) is 0 Å². The van der Waals surface area contributed by atoms with Crippen LogP contribution in [0.2, 0.25) is 0 Å². The number of fused-ring (bicyclic) bond motifs is 1. The molecule has 92 valence electrons. The lowest BCUT2D eigenvalue weighted by molar-refractivity contribution is -0.111. The zero-order valence-electron chi connectivity index (χ0n) is 10.8. The number of ketones is 1. The number of rotatable bonds is 1. The molecular formula is C15H20O2. The molecule has 2 rings (SSSR count). The van der Waals surface area contributed by atoms with Crippen LogP contribution in [0.4, 0.5) is 0 Å². The lowest BCUT2D eigenvalue weighted by Crippen LogP contribution is -2.40. The maximum Gasteiger partial charge on any atom is 0.181 e. The van der Waals surface area contributed by atoms with Crippen molar-refractivity contribution < 1.29 is 9.90 Å². The van der Waals surface area contributed by atoms with E-state index in [2.05, 4.69) is 13.5 Å². The number of carbonyl (C=O) groups excluding carboxylic acids is 1. The van der Waals surface area contributed by atoms with Gasteiger partial charge in [0.2, 0.25) is 0 Å². The third-order valence-electron chi connectivity index (χ3n) is 4.28. The monoisotopic (exact) mass is 232 g/mol. The van der Waals surface area contributed by atoms with Crippen molar-refractivity contribution in [3.63, 3.8) is 0 Å². The van der Waals surface area contributed by atoms with Gasteiger partial charge in [-0.3, -0.25) is 4.79 Å². The summed E-state index contributed by atoms with van der Waals surface area (Å²) in [4.78, 5) is 11.7. The van der Waals surface area contributed by atoms with Gasteiger partial charge >= 0.3 is 0 Å². The van der Waals surface area contributed by atoms with Crippen molar-refractivity contribution in [3.8, 4) is 0 Å². The second-order valence-corrected chi connectivity index (χ2v) is 5.59. The van der Waals surface area contributed by atoms with Crippen LogP contribution in [-0.2, 0) is 4.79 Å². The van der Waals surface area contributed by atoms with Gasteiger partial charge in [-0.15, -0.1) is 0 Å². The Bertz CT molecular complexity index is 442. The smallest absolute Gasteiger partial charge is 0.181 e. The molecule has 0 aromatic carbocycles. The number of aliphatic hydroxyl groups is 1. The third-order valence-corrected chi connectivity index (χ3v) is 4.28. The van der Waals surface area contributed by atoms with Gasteiger partial charge in [0.25, 0.3) is 0 Å². The van der Waals surface area contributed by atoms with Gasteiger partial charge < -0.3 is 5.11 Å². The molecule has 1 saturated carbocycles. The van der Waals surface area contributed by atoms with E-state index in [1.807, 2.05) is 19.9 Å². The minimum absolute atomic E-state index is 0.0268. The Balaban J connectivity index is 2.48. The van der Waals surface area contributed by atoms with Crippen molar-refractivity contribution >= 4 is 5.78 Å². The fourth-order valence-corrected chi connectivity index (χ4v) is 3.14. The number of allylic oxidation sites excluding steroid dienone is 3. The van der Waals surface area contributed by atoms with Crippen molar-refractivity contribution in [2.24, 2.45) is 11.3 Å². The summed E-state index contributed by atoms with van der Waals surface area (Å²) in [5, 5.41) is 10.5. The molecule has 0 aromatic heterocycles. The van der Waals surface area contributed by atoms with Crippen molar-refractivity contribution in [1.29, 1.82) is 0 Å². The van der Waals surface area contributed by atoms with Crippen LogP contribution in [-0.4, -0.2) is 17.0 Å². The van der Waals surface area contributed by atoms with E-state index in [-0.39, 0.29) is 17.1 Å². The maximum absolute atomic E-state index is 11.7. The highest BCUT2D eigenvalue weighted by Gasteiger charge is 2.43. The number of aliphatic hydroxyl groups excluding tert-OH is 1. The lowest BCUT2D eigenvalue weighted by Gasteiger charge is -2.44. The third kappa shape index (κ3) is 1.81. The highest BCUT2D eigenvalue weighted by atomic mass is 16.3. The second-order valence-electron chi connectivity index (χ2n) is 5.59. The maximum atomic E-state index is 11.7. The van der Waals surface area contributed by atoms with E-state index in [0.717, 1.165) is 24.0 Å². The van der Waals surface area contributed by atoms with Gasteiger partial charge in [0, 0.05) is 11.3 Å². The zero-order valence-corrected chi connectivity index (χ0v) is 10.8. The van der Waals surface area contributed by atoms with E-state index in [1.165, 1.54) is 0 Å². The van der Waals surface area contributed by atoms with Crippen LogP contribution in [0.15, 0.2) is 35.5 Å². The Morgan fingerprint density at radius 1 is 1.59 bits per heavy atom. The van der Waals surface area contributed by atoms with E-state index in [9.17, 15) is 9.90 Å². The number of hydrogen-bond donors (Lipinski definition) is 1. The van der Waals surface area contributed by atoms with E-state index >= 15 is 0 Å².